The highest BCUT2D eigenvalue weighted by molar-refractivity contribution is 5.93. The largest absolute Gasteiger partial charge is 0.497 e. The van der Waals surface area contributed by atoms with Crippen LogP contribution in [0.4, 0.5) is 0 Å². The molecule has 2 rings (SSSR count). The Bertz CT molecular complexity index is 840. The Balaban J connectivity index is 2.00. The van der Waals surface area contributed by atoms with Crippen molar-refractivity contribution in [2.24, 2.45) is 0 Å². The number of hydrogen-bond acceptors (Lipinski definition) is 10. The summed E-state index contributed by atoms with van der Waals surface area (Å²) in [5.74, 6) is -0.303. The molecule has 10 heteroatoms. The molecule has 0 spiro atoms. The minimum absolute atomic E-state index is 0.0834. The average Bonchev–Trinajstić information content (AvgIpc) is 2.84. The highest BCUT2D eigenvalue weighted by atomic mass is 17.3. The molecule has 2 radical (unpaired) electrons. The van der Waals surface area contributed by atoms with Gasteiger partial charge in [-0.3, -0.25) is 9.78 Å². The summed E-state index contributed by atoms with van der Waals surface area (Å²) in [4.78, 5) is 44.1. The first-order chi connectivity index (χ1) is 15.5. The summed E-state index contributed by atoms with van der Waals surface area (Å²) in [7, 11) is 5.75. The first-order valence-electron chi connectivity index (χ1n) is 9.34. The molecular formula is C22H24O10. The smallest absolute Gasteiger partial charge is 0.376 e. The number of hydrogen-bond donors (Lipinski definition) is 0. The third-order valence-electron chi connectivity index (χ3n) is 4.06. The summed E-state index contributed by atoms with van der Waals surface area (Å²) in [6.07, 6.45) is 0.101. The van der Waals surface area contributed by atoms with E-state index in [2.05, 4.69) is 6.92 Å². The minimum Gasteiger partial charge on any atom is -0.497 e. The van der Waals surface area contributed by atoms with Crippen LogP contribution in [0.1, 0.15) is 33.6 Å². The Hall–Kier alpha value is -3.50. The monoisotopic (exact) mass is 448 g/mol. The van der Waals surface area contributed by atoms with E-state index in [9.17, 15) is 9.59 Å². The van der Waals surface area contributed by atoms with E-state index in [-0.39, 0.29) is 35.3 Å². The maximum Gasteiger partial charge on any atom is 0.376 e. The lowest BCUT2D eigenvalue weighted by Crippen LogP contribution is -2.16. The second-order valence-electron chi connectivity index (χ2n) is 6.02. The van der Waals surface area contributed by atoms with Crippen LogP contribution in [-0.2, 0) is 19.6 Å². The lowest BCUT2D eigenvalue weighted by Gasteiger charge is -2.14. The Kier molecular flexibility index (Phi) is 9.58. The zero-order valence-corrected chi connectivity index (χ0v) is 18.2. The second-order valence-corrected chi connectivity index (χ2v) is 6.02. The number of methoxy groups -OCH3 is 4. The first kappa shape index (κ1) is 24.8. The number of carbonyl (C=O) groups excluding carboxylic acids is 2. The number of ether oxygens (including phenoxy) is 4. The van der Waals surface area contributed by atoms with E-state index in [0.29, 0.717) is 17.9 Å². The third-order valence-corrected chi connectivity index (χ3v) is 4.06. The van der Waals surface area contributed by atoms with Crippen LogP contribution in [0.5, 0.6) is 23.0 Å². The standard InChI is InChI=1S/C22H24O10/c1-6-7-20(29-31-21(23)16-10-8-14(25-2)12-18(16)27-4)30-32-22(24)17-11-9-15(26-3)13-19(17)28-5/h8-13H,1,6-7H2,2-5H3. The maximum absolute atomic E-state index is 12.3. The van der Waals surface area contributed by atoms with E-state index in [1.807, 2.05) is 0 Å². The topological polar surface area (TPSA) is 108 Å². The molecule has 0 atom stereocenters. The summed E-state index contributed by atoms with van der Waals surface area (Å²) >= 11 is 0. The van der Waals surface area contributed by atoms with E-state index in [4.69, 9.17) is 38.5 Å². The van der Waals surface area contributed by atoms with Gasteiger partial charge >= 0.3 is 18.2 Å². The van der Waals surface area contributed by atoms with Crippen molar-refractivity contribution in [1.29, 1.82) is 0 Å². The van der Waals surface area contributed by atoms with Crippen molar-refractivity contribution < 1.29 is 48.1 Å². The van der Waals surface area contributed by atoms with Crippen molar-refractivity contribution >= 4 is 11.9 Å². The molecule has 2 aromatic rings. The predicted molar refractivity (Wildman–Crippen MR) is 110 cm³/mol. The van der Waals surface area contributed by atoms with E-state index < -0.39 is 11.9 Å². The molecule has 0 aliphatic heterocycles. The maximum atomic E-state index is 12.3. The van der Waals surface area contributed by atoms with Crippen LogP contribution in [0.2, 0.25) is 0 Å². The van der Waals surface area contributed by atoms with Gasteiger partial charge in [0.2, 0.25) is 0 Å². The highest BCUT2D eigenvalue weighted by Crippen LogP contribution is 2.27. The zero-order valence-electron chi connectivity index (χ0n) is 18.2. The van der Waals surface area contributed by atoms with Crippen molar-refractivity contribution in [3.63, 3.8) is 0 Å². The van der Waals surface area contributed by atoms with Gasteiger partial charge in [-0.05, 0) is 30.7 Å². The molecular weight excluding hydrogens is 424 g/mol. The molecule has 0 heterocycles. The number of benzene rings is 2. The molecule has 32 heavy (non-hydrogen) atoms. The van der Waals surface area contributed by atoms with Gasteiger partial charge in [-0.2, -0.15) is 0 Å². The lowest BCUT2D eigenvalue weighted by atomic mass is 10.2. The molecule has 0 bridgehead atoms. The van der Waals surface area contributed by atoms with Gasteiger partial charge in [0.15, 0.2) is 0 Å². The average molecular weight is 448 g/mol. The SMILES string of the molecule is [CH2]CC[C](OOC(=O)c1ccc(OC)cc1OC)OOC(=O)c1ccc(OC)cc1OC. The van der Waals surface area contributed by atoms with Gasteiger partial charge < -0.3 is 18.9 Å². The summed E-state index contributed by atoms with van der Waals surface area (Å²) < 4.78 is 20.5. The molecule has 0 saturated heterocycles. The van der Waals surface area contributed by atoms with Crippen LogP contribution in [0.3, 0.4) is 0 Å². The Morgan fingerprint density at radius 1 is 0.688 bits per heavy atom. The molecule has 0 aromatic heterocycles. The van der Waals surface area contributed by atoms with E-state index >= 15 is 0 Å². The highest BCUT2D eigenvalue weighted by Gasteiger charge is 2.24. The van der Waals surface area contributed by atoms with E-state index in [1.54, 1.807) is 12.1 Å². The van der Waals surface area contributed by atoms with Gasteiger partial charge in [-0.25, -0.2) is 9.59 Å². The van der Waals surface area contributed by atoms with E-state index in [0.717, 1.165) is 0 Å². The van der Waals surface area contributed by atoms with E-state index in [1.165, 1.54) is 52.7 Å². The molecule has 0 amide bonds. The molecule has 10 nitrogen and oxygen atoms in total. The summed E-state index contributed by atoms with van der Waals surface area (Å²) in [5.41, 5.74) is 0.171. The van der Waals surface area contributed by atoms with Gasteiger partial charge in [0.05, 0.1) is 28.4 Å². The van der Waals surface area contributed by atoms with Crippen LogP contribution in [-0.4, -0.2) is 40.4 Å². The molecule has 0 aliphatic carbocycles. The molecule has 0 aliphatic rings. The Morgan fingerprint density at radius 3 is 1.47 bits per heavy atom. The zero-order chi connectivity index (χ0) is 23.5. The predicted octanol–water partition coefficient (Wildman–Crippen LogP) is 3.70. The van der Waals surface area contributed by atoms with Crippen LogP contribution in [0.15, 0.2) is 36.4 Å². The second kappa shape index (κ2) is 12.4. The first-order valence-corrected chi connectivity index (χ1v) is 9.34. The van der Waals surface area contributed by atoms with Crippen molar-refractivity contribution in [2.75, 3.05) is 28.4 Å². The lowest BCUT2D eigenvalue weighted by molar-refractivity contribution is -0.363. The van der Waals surface area contributed by atoms with Crippen molar-refractivity contribution in [1.82, 2.24) is 0 Å². The molecule has 0 saturated carbocycles. The van der Waals surface area contributed by atoms with Gasteiger partial charge in [-0.15, -0.1) is 9.78 Å². The fourth-order valence-electron chi connectivity index (χ4n) is 2.43. The molecule has 0 unspecified atom stereocenters. The molecule has 0 fully saturated rings. The van der Waals surface area contributed by atoms with Crippen molar-refractivity contribution in [2.45, 2.75) is 12.8 Å². The molecule has 172 valence electrons. The van der Waals surface area contributed by atoms with Gasteiger partial charge in [-0.1, -0.05) is 6.92 Å². The quantitative estimate of drug-likeness (QED) is 0.352. The Labute approximate surface area is 185 Å². The van der Waals surface area contributed by atoms with Gasteiger partial charge in [0, 0.05) is 18.6 Å². The molecule has 2 aromatic carbocycles. The van der Waals surface area contributed by atoms with Crippen molar-refractivity contribution in [3.05, 3.63) is 60.7 Å². The van der Waals surface area contributed by atoms with Crippen LogP contribution < -0.4 is 18.9 Å². The third kappa shape index (κ3) is 6.50. The minimum atomic E-state index is -0.863. The number of carbonyl (C=O) groups is 2. The van der Waals surface area contributed by atoms with Crippen LogP contribution >= 0.6 is 0 Å². The normalized spacial score (nSPS) is 10.4. The number of rotatable bonds is 12. The Morgan fingerprint density at radius 2 is 1.12 bits per heavy atom. The molecule has 0 N–H and O–H groups in total. The van der Waals surface area contributed by atoms with Gasteiger partial charge in [0.1, 0.15) is 34.1 Å². The summed E-state index contributed by atoms with van der Waals surface area (Å²) in [5, 5.41) is 0. The summed E-state index contributed by atoms with van der Waals surface area (Å²) in [6.45, 7) is 3.66. The summed E-state index contributed by atoms with van der Waals surface area (Å²) in [6, 6.07) is 9.03. The van der Waals surface area contributed by atoms with Crippen molar-refractivity contribution in [3.8, 4) is 23.0 Å². The van der Waals surface area contributed by atoms with Crippen LogP contribution in [0, 0.1) is 13.2 Å². The van der Waals surface area contributed by atoms with Crippen LogP contribution in [0.25, 0.3) is 0 Å². The fraction of sp³-hybridized carbons (Fsp3) is 0.273. The van der Waals surface area contributed by atoms with Gasteiger partial charge in [0.25, 0.3) is 0 Å². The fourth-order valence-corrected chi connectivity index (χ4v) is 2.43.